The monoisotopic (exact) mass is 316 g/mol. The highest BCUT2D eigenvalue weighted by molar-refractivity contribution is 6.69. The van der Waals surface area contributed by atoms with Crippen LogP contribution in [0.1, 0.15) is 19.2 Å². The van der Waals surface area contributed by atoms with Crippen molar-refractivity contribution >= 4 is 8.32 Å². The summed E-state index contributed by atoms with van der Waals surface area (Å²) in [5, 5.41) is 9.31. The molecule has 2 rings (SSSR count). The summed E-state index contributed by atoms with van der Waals surface area (Å²) in [7, 11) is -1.48. The van der Waals surface area contributed by atoms with Crippen LogP contribution in [0.4, 0.5) is 0 Å². The summed E-state index contributed by atoms with van der Waals surface area (Å²) in [6.07, 6.45) is 5.66. The van der Waals surface area contributed by atoms with Crippen molar-refractivity contribution in [2.24, 2.45) is 0 Å². The molecule has 22 heavy (non-hydrogen) atoms. The Morgan fingerprint density at radius 3 is 2.18 bits per heavy atom. The Bertz CT molecular complexity index is 592. The van der Waals surface area contributed by atoms with Gasteiger partial charge in [0.05, 0.1) is 0 Å². The highest BCUT2D eigenvalue weighted by Crippen LogP contribution is 2.20. The first-order chi connectivity index (χ1) is 10.3. The summed E-state index contributed by atoms with van der Waals surface area (Å²) in [5.41, 5.74) is 1.95. The van der Waals surface area contributed by atoms with Gasteiger partial charge in [-0.05, 0) is 50.7 Å². The lowest BCUT2D eigenvalue weighted by molar-refractivity contribution is 0.203. The summed E-state index contributed by atoms with van der Waals surface area (Å²) >= 11 is 0. The maximum absolute atomic E-state index is 9.31. The average Bonchev–Trinajstić information content (AvgIpc) is 2.45. The first kappa shape index (κ1) is 16.6. The Hall–Kier alpha value is -1.72. The molecule has 1 atom stereocenters. The molecule has 0 fully saturated rings. The number of rotatable bonds is 6. The second-order valence-electron chi connectivity index (χ2n) is 6.51. The van der Waals surface area contributed by atoms with Crippen LogP contribution in [0.5, 0.6) is 5.75 Å². The van der Waals surface area contributed by atoms with E-state index in [4.69, 9.17) is 4.43 Å². The summed E-state index contributed by atoms with van der Waals surface area (Å²) in [6.45, 7) is 8.72. The van der Waals surface area contributed by atoms with Gasteiger partial charge in [0.1, 0.15) is 11.6 Å². The lowest BCUT2D eigenvalue weighted by atomic mass is 10.1. The SMILES string of the molecule is CC(CCc1ncc(-c2ccc(O)cc2)cn1)O[Si](C)(C)C. The van der Waals surface area contributed by atoms with Crippen molar-refractivity contribution in [1.82, 2.24) is 9.97 Å². The van der Waals surface area contributed by atoms with Gasteiger partial charge >= 0.3 is 0 Å². The zero-order valence-corrected chi connectivity index (χ0v) is 14.7. The van der Waals surface area contributed by atoms with Crippen LogP contribution in [0.25, 0.3) is 11.1 Å². The Labute approximate surface area is 133 Å². The molecule has 0 amide bonds. The fourth-order valence-electron chi connectivity index (χ4n) is 2.28. The van der Waals surface area contributed by atoms with E-state index in [1.165, 1.54) is 0 Å². The molecule has 0 saturated heterocycles. The van der Waals surface area contributed by atoms with Crippen molar-refractivity contribution in [1.29, 1.82) is 0 Å². The van der Waals surface area contributed by atoms with Gasteiger partial charge in [-0.25, -0.2) is 9.97 Å². The molecule has 1 aromatic heterocycles. The Kier molecular flexibility index (Phi) is 5.31. The van der Waals surface area contributed by atoms with E-state index in [-0.39, 0.29) is 11.9 Å². The van der Waals surface area contributed by atoms with Gasteiger partial charge in [-0.1, -0.05) is 12.1 Å². The van der Waals surface area contributed by atoms with Gasteiger partial charge in [0, 0.05) is 30.5 Å². The standard InChI is InChI=1S/C17H24N2O2Si/c1-13(21-22(2,3)4)5-10-17-18-11-15(12-19-17)14-6-8-16(20)9-7-14/h6-9,11-13,20H,5,10H2,1-4H3. The number of phenolic OH excluding ortho intramolecular Hbond substituents is 1. The number of nitrogens with zero attached hydrogens (tertiary/aromatic N) is 2. The number of hydrogen-bond donors (Lipinski definition) is 1. The molecule has 0 saturated carbocycles. The highest BCUT2D eigenvalue weighted by atomic mass is 28.4. The summed E-state index contributed by atoms with van der Waals surface area (Å²) in [6, 6.07) is 7.05. The van der Waals surface area contributed by atoms with Crippen molar-refractivity contribution in [2.75, 3.05) is 0 Å². The third-order valence-electron chi connectivity index (χ3n) is 3.24. The van der Waals surface area contributed by atoms with Crippen LogP contribution in [0, 0.1) is 0 Å². The molecule has 0 aliphatic heterocycles. The third kappa shape index (κ3) is 5.24. The maximum atomic E-state index is 9.31. The van der Waals surface area contributed by atoms with Gasteiger partial charge in [0.25, 0.3) is 0 Å². The molecule has 1 heterocycles. The van der Waals surface area contributed by atoms with Crippen molar-refractivity contribution in [3.8, 4) is 16.9 Å². The molecule has 1 N–H and O–H groups in total. The molecular weight excluding hydrogens is 292 g/mol. The number of hydrogen-bond acceptors (Lipinski definition) is 4. The van der Waals surface area contributed by atoms with E-state index in [2.05, 4.69) is 36.5 Å². The number of benzene rings is 1. The average molecular weight is 316 g/mol. The molecule has 1 aromatic carbocycles. The summed E-state index contributed by atoms with van der Waals surface area (Å²) < 4.78 is 6.02. The minimum atomic E-state index is -1.48. The van der Waals surface area contributed by atoms with Gasteiger partial charge in [-0.2, -0.15) is 0 Å². The van der Waals surface area contributed by atoms with Crippen LogP contribution in [0.3, 0.4) is 0 Å². The van der Waals surface area contributed by atoms with E-state index in [0.717, 1.165) is 29.8 Å². The van der Waals surface area contributed by atoms with Crippen molar-refractivity contribution in [3.05, 3.63) is 42.5 Å². The van der Waals surface area contributed by atoms with Gasteiger partial charge in [-0.15, -0.1) is 0 Å². The molecule has 5 heteroatoms. The van der Waals surface area contributed by atoms with Crippen molar-refractivity contribution < 1.29 is 9.53 Å². The molecule has 0 radical (unpaired) electrons. The largest absolute Gasteiger partial charge is 0.508 e. The molecule has 4 nitrogen and oxygen atoms in total. The smallest absolute Gasteiger partial charge is 0.184 e. The normalized spacial score (nSPS) is 13.1. The van der Waals surface area contributed by atoms with E-state index in [0.29, 0.717) is 0 Å². The molecule has 0 bridgehead atoms. The molecule has 2 aromatic rings. The highest BCUT2D eigenvalue weighted by Gasteiger charge is 2.18. The van der Waals surface area contributed by atoms with E-state index in [1.54, 1.807) is 12.1 Å². The second-order valence-corrected chi connectivity index (χ2v) is 11.0. The van der Waals surface area contributed by atoms with E-state index in [9.17, 15) is 5.11 Å². The Morgan fingerprint density at radius 1 is 1.05 bits per heavy atom. The van der Waals surface area contributed by atoms with Crippen molar-refractivity contribution in [2.45, 2.75) is 45.5 Å². The fourth-order valence-corrected chi connectivity index (χ4v) is 3.61. The first-order valence-electron chi connectivity index (χ1n) is 7.61. The Morgan fingerprint density at radius 2 is 1.64 bits per heavy atom. The summed E-state index contributed by atoms with van der Waals surface area (Å²) in [5.74, 6) is 1.10. The quantitative estimate of drug-likeness (QED) is 0.818. The van der Waals surface area contributed by atoms with Gasteiger partial charge in [0.15, 0.2) is 8.32 Å². The molecule has 0 aliphatic carbocycles. The van der Waals surface area contributed by atoms with E-state index < -0.39 is 8.32 Å². The molecule has 1 unspecified atom stereocenters. The first-order valence-corrected chi connectivity index (χ1v) is 11.0. The molecular formula is C17H24N2O2Si. The minimum absolute atomic E-state index is 0.243. The molecule has 0 spiro atoms. The number of aromatic nitrogens is 2. The molecule has 0 aliphatic rings. The number of aromatic hydroxyl groups is 1. The topological polar surface area (TPSA) is 55.2 Å². The molecule has 118 valence electrons. The van der Waals surface area contributed by atoms with Crippen LogP contribution in [0.2, 0.25) is 19.6 Å². The van der Waals surface area contributed by atoms with Gasteiger partial charge < -0.3 is 9.53 Å². The number of phenols is 1. The summed E-state index contributed by atoms with van der Waals surface area (Å²) in [4.78, 5) is 8.86. The van der Waals surface area contributed by atoms with E-state index >= 15 is 0 Å². The van der Waals surface area contributed by atoms with Crippen LogP contribution in [0.15, 0.2) is 36.7 Å². The fraction of sp³-hybridized carbons (Fsp3) is 0.412. The Balaban J connectivity index is 1.93. The van der Waals surface area contributed by atoms with Crippen LogP contribution < -0.4 is 0 Å². The second kappa shape index (κ2) is 7.02. The lowest BCUT2D eigenvalue weighted by Crippen LogP contribution is -2.30. The predicted molar refractivity (Wildman–Crippen MR) is 91.3 cm³/mol. The zero-order chi connectivity index (χ0) is 16.2. The van der Waals surface area contributed by atoms with Crippen molar-refractivity contribution in [3.63, 3.8) is 0 Å². The van der Waals surface area contributed by atoms with Crippen LogP contribution in [-0.4, -0.2) is 29.5 Å². The predicted octanol–water partition coefficient (Wildman–Crippen LogP) is 4.02. The zero-order valence-electron chi connectivity index (χ0n) is 13.7. The van der Waals surface area contributed by atoms with E-state index in [1.807, 2.05) is 24.5 Å². The third-order valence-corrected chi connectivity index (χ3v) is 4.34. The van der Waals surface area contributed by atoms with Crippen LogP contribution >= 0.6 is 0 Å². The van der Waals surface area contributed by atoms with Crippen LogP contribution in [-0.2, 0) is 10.8 Å². The maximum Gasteiger partial charge on any atom is 0.184 e. The van der Waals surface area contributed by atoms with Gasteiger partial charge in [-0.3, -0.25) is 0 Å². The minimum Gasteiger partial charge on any atom is -0.508 e. The van der Waals surface area contributed by atoms with Gasteiger partial charge in [0.2, 0.25) is 0 Å². The lowest BCUT2D eigenvalue weighted by Gasteiger charge is -2.23. The number of aryl methyl sites for hydroxylation is 1.